The number of anilines is 4. The van der Waals surface area contributed by atoms with Gasteiger partial charge in [0.1, 0.15) is 68.2 Å². The Morgan fingerprint density at radius 1 is 0.458 bits per heavy atom. The zero-order chi connectivity index (χ0) is 90.2. The molecule has 0 aliphatic carbocycles. The molecule has 1 unspecified atom stereocenters. The average molecular weight is 1780 g/mol. The second-order valence-corrected chi connectivity index (χ2v) is 36.5. The van der Waals surface area contributed by atoms with Crippen LogP contribution in [0.25, 0.3) is 0 Å². The van der Waals surface area contributed by atoms with E-state index in [0.29, 0.717) is 5.02 Å². The second-order valence-electron chi connectivity index (χ2n) is 27.0. The van der Waals surface area contributed by atoms with Crippen LogP contribution in [0.4, 0.5) is 49.1 Å². The van der Waals surface area contributed by atoms with Gasteiger partial charge in [0.25, 0.3) is 23.6 Å². The van der Waals surface area contributed by atoms with Crippen molar-refractivity contribution in [1.82, 2.24) is 47.1 Å². The van der Waals surface area contributed by atoms with Gasteiger partial charge in [0.05, 0.1) is 113 Å². The molecule has 8 heterocycles. The highest BCUT2D eigenvalue weighted by atomic mass is 35.5. The molecule has 4 amide bonds. The fraction of sp³-hybridized carbons (Fsp3) is 0.271. The van der Waals surface area contributed by atoms with Gasteiger partial charge in [0.2, 0.25) is 65.7 Å². The van der Waals surface area contributed by atoms with E-state index in [0.717, 1.165) is 67.3 Å². The first-order valence-corrected chi connectivity index (χ1v) is 41.3. The van der Waals surface area contributed by atoms with Crippen LogP contribution in [0.2, 0.25) is 15.1 Å². The quantitative estimate of drug-likeness (QED) is 0.0411. The van der Waals surface area contributed by atoms with Crippen molar-refractivity contribution in [3.63, 3.8) is 0 Å². The van der Waals surface area contributed by atoms with E-state index in [2.05, 4.69) is 81.7 Å². The number of amides is 4. The van der Waals surface area contributed by atoms with Crippen LogP contribution in [-0.4, -0.2) is 195 Å². The Labute approximate surface area is 690 Å². The molecule has 12 N–H and O–H groups in total. The molecule has 5 atom stereocenters. The Bertz CT molecular complexity index is 5920. The Morgan fingerprint density at radius 3 is 1.16 bits per heavy atom. The molecule has 4 aliphatic rings. The summed E-state index contributed by atoms with van der Waals surface area (Å²) in [7, 11) is -10.7. The monoisotopic (exact) mass is 1780 g/mol. The molecule has 0 fully saturated rings. The highest BCUT2D eigenvalue weighted by molar-refractivity contribution is 7.98. The lowest BCUT2D eigenvalue weighted by Gasteiger charge is -2.37. The number of nitrogens with one attached hydrogen (secondary N) is 4. The van der Waals surface area contributed by atoms with E-state index in [1.54, 1.807) is 6.07 Å². The molecular weight excluding hydrogens is 1710 g/mol. The van der Waals surface area contributed by atoms with Crippen LogP contribution in [0, 0.1) is 41.8 Å². The fourth-order valence-corrected chi connectivity index (χ4v) is 18.5. The number of benzene rings is 4. The molecule has 4 aliphatic heterocycles. The van der Waals surface area contributed by atoms with Crippen molar-refractivity contribution in [3.05, 3.63) is 211 Å². The smallest absolute Gasteiger partial charge is 0.275 e. The molecule has 118 heavy (non-hydrogen) atoms. The fourth-order valence-electron chi connectivity index (χ4n) is 11.7. The van der Waals surface area contributed by atoms with Crippen LogP contribution in [0.1, 0.15) is 102 Å². The number of nitrogens with two attached hydrogens (primary N) is 4. The van der Waals surface area contributed by atoms with Gasteiger partial charge in [-0.3, -0.25) is 28.5 Å². The number of aliphatic imine (C=N–C) groups is 4. The summed E-state index contributed by atoms with van der Waals surface area (Å²) < 4.78 is 210. The van der Waals surface area contributed by atoms with Gasteiger partial charge >= 0.3 is 0 Å². The lowest BCUT2D eigenvalue weighted by atomic mass is 9.92. The third kappa shape index (κ3) is 19.6. The molecule has 0 spiro atoms. The van der Waals surface area contributed by atoms with Crippen LogP contribution in [-0.2, 0) is 61.9 Å². The maximum atomic E-state index is 15.3. The van der Waals surface area contributed by atoms with E-state index in [1.165, 1.54) is 122 Å². The number of aryl methyl sites for hydroxylation is 1. The van der Waals surface area contributed by atoms with Crippen LogP contribution in [0.3, 0.4) is 0 Å². The van der Waals surface area contributed by atoms with Crippen LogP contribution in [0.15, 0.2) is 130 Å². The van der Waals surface area contributed by atoms with Crippen molar-refractivity contribution in [1.29, 1.82) is 0 Å². The minimum Gasteiger partial charge on any atom is -0.480 e. The Balaban J connectivity index is 0.000000184. The van der Waals surface area contributed by atoms with Crippen molar-refractivity contribution in [2.24, 2.45) is 42.9 Å². The van der Waals surface area contributed by atoms with E-state index >= 15 is 8.78 Å². The summed E-state index contributed by atoms with van der Waals surface area (Å²) in [5, 5.41) is 9.16. The van der Waals surface area contributed by atoms with Gasteiger partial charge in [0, 0.05) is 63.1 Å². The lowest BCUT2D eigenvalue weighted by Crippen LogP contribution is -2.50. The SMILES string of the molecule is C=S1(=O)C[C@@](C)(c2c(F)ccc(NC(=O)c3ccc(C)cn3)c2F)N=C(N)N1C.CN1C(N)=N[C@](C)(c2c(F)ccc(NC(=O)c3ccc(Cl)cn3)c2F)CS1(=O)=O.COc1cnc(C(=O)Nc2cc(F)c(Cl)c([C@]3(C)CS(=O)(=O)N(C)C(N)=N3)c2)cn1.[2H]C([2H])([2H])Oc1cnc(C(=O)Nc2cc(F)c(Cl)c([C@]3(C)CS(=O)(=O)N(C)C(N)=N3)c2)cn1. The third-order valence-corrected chi connectivity index (χ3v) is 27.0. The van der Waals surface area contributed by atoms with Crippen molar-refractivity contribution < 1.29 is 88.6 Å². The Kier molecular flexibility index (Phi) is 25.0. The average Bonchev–Trinajstić information content (AvgIpc) is 0.763. The number of methoxy groups -OCH3 is 2. The van der Waals surface area contributed by atoms with Crippen molar-refractivity contribution in [3.8, 4) is 11.8 Å². The summed E-state index contributed by atoms with van der Waals surface area (Å²) >= 11 is 17.9. The standard InChI is InChI=1S/C19H21F2N5O2S.C17H16ClF2N5O3S.2C17H18ClFN6O4S/c1-11-5-7-14(23-9-11)17(27)24-13-8-6-12(20)15(16(13)21)19(2)10-29(4,28)26(3)18(22)25-19;1-17(8-29(27,28)25(2)16(21)24-17)13-10(19)4-6-11(14(13)20)23-15(26)12-5-3-9(18)7-22-12;2*1-17(8-30(27,28)25(2)16(20)24-17)10-4-9(5-11(19)14(10)18)23-15(26)12-6-22-13(29-3)7-21-12/h5-9H,4,10H2,1-3H3,(H2,22,25)(H,24,27);3-7H,8H2,1-2H3,(H2,21,24)(H,23,26);2*4-7H,8H2,1-3H3,(H2,20,24)(H,23,26)/t19-,29?;3*17-/m0000/s1/i;;3D3;. The van der Waals surface area contributed by atoms with Gasteiger partial charge < -0.3 is 53.7 Å². The molecule has 0 radical (unpaired) electrons. The summed E-state index contributed by atoms with van der Waals surface area (Å²) in [4.78, 5) is 89.2. The molecule has 4 aromatic heterocycles. The van der Waals surface area contributed by atoms with Crippen molar-refractivity contribution >= 4 is 151 Å². The van der Waals surface area contributed by atoms with Gasteiger partial charge in [-0.15, -0.1) is 0 Å². The molecule has 8 aromatic rings. The zero-order valence-corrected chi connectivity index (χ0v) is 68.9. The van der Waals surface area contributed by atoms with Crippen LogP contribution in [0.5, 0.6) is 11.8 Å². The first-order valence-electron chi connectivity index (χ1n) is 35.0. The second kappa shape index (κ2) is 34.4. The topological polar surface area (TPSA) is 498 Å². The van der Waals surface area contributed by atoms with Gasteiger partial charge in [0.15, 0.2) is 11.6 Å². The number of rotatable bonds is 14. The summed E-state index contributed by atoms with van der Waals surface area (Å²) in [6.07, 6.45) is 7.10. The summed E-state index contributed by atoms with van der Waals surface area (Å²) in [6.45, 7) is 7.37. The number of carbonyl (C=O) groups is 4. The van der Waals surface area contributed by atoms with Gasteiger partial charge in [-0.05, 0) is 113 Å². The van der Waals surface area contributed by atoms with E-state index in [1.807, 2.05) is 6.92 Å². The first kappa shape index (κ1) is 85.6. The third-order valence-electron chi connectivity index (χ3n) is 18.0. The first-order chi connectivity index (χ1) is 56.0. The van der Waals surface area contributed by atoms with E-state index < -0.39 is 162 Å². The predicted octanol–water partition coefficient (Wildman–Crippen LogP) is 6.77. The number of pyridine rings is 2. The summed E-state index contributed by atoms with van der Waals surface area (Å²) in [5.74, 6) is -8.35. The number of carbonyl (C=O) groups excluding carboxylic acids is 4. The zero-order valence-electron chi connectivity index (χ0n) is 66.3. The minimum absolute atomic E-state index is 0.00778. The van der Waals surface area contributed by atoms with Crippen LogP contribution < -0.4 is 53.7 Å². The number of aromatic nitrogens is 6. The molecule has 4 aromatic carbocycles. The Hall–Kier alpha value is -11.8. The van der Waals surface area contributed by atoms with E-state index in [4.69, 9.17) is 66.6 Å². The van der Waals surface area contributed by atoms with E-state index in [9.17, 15) is 66.2 Å². The van der Waals surface area contributed by atoms with Crippen LogP contribution >= 0.6 is 34.8 Å². The van der Waals surface area contributed by atoms with Gasteiger partial charge in [-0.2, -0.15) is 0 Å². The molecule has 628 valence electrons. The van der Waals surface area contributed by atoms with Gasteiger partial charge in [-0.25, -0.2) is 114 Å². The molecule has 35 nitrogen and oxygen atoms in total. The number of ether oxygens (including phenoxy) is 2. The molecule has 0 saturated carbocycles. The normalized spacial score (nSPS) is 21.9. The van der Waals surface area contributed by atoms with Crippen molar-refractivity contribution in [2.45, 2.75) is 56.8 Å². The number of hydrogen-bond donors (Lipinski definition) is 8. The highest BCUT2D eigenvalue weighted by Crippen LogP contribution is 2.43. The van der Waals surface area contributed by atoms with E-state index in [-0.39, 0.29) is 102 Å². The molecule has 0 saturated heterocycles. The molecule has 12 rings (SSSR count). The maximum absolute atomic E-state index is 15.3. The number of halogens is 9. The minimum atomic E-state index is -3.95. The molecule has 0 bridgehead atoms. The number of nitrogens with zero attached hydrogens (tertiary/aromatic N) is 14. The summed E-state index contributed by atoms with van der Waals surface area (Å²) in [5.41, 5.74) is 15.5. The number of hydrogen-bond acceptors (Lipinski definition) is 27. The Morgan fingerprint density at radius 2 is 0.814 bits per heavy atom. The maximum Gasteiger partial charge on any atom is 0.275 e. The molecule has 48 heteroatoms. The largest absolute Gasteiger partial charge is 0.480 e. The lowest BCUT2D eigenvalue weighted by molar-refractivity contribution is 0.101. The van der Waals surface area contributed by atoms with Gasteiger partial charge in [-0.1, -0.05) is 40.9 Å². The summed E-state index contributed by atoms with van der Waals surface area (Å²) in [6, 6.07) is 14.5. The number of sulfonamides is 3. The molecular formula is C70H73Cl3F6N22O13S4. The van der Waals surface area contributed by atoms with Crippen molar-refractivity contribution in [2.75, 3.05) is 86.6 Å². The highest BCUT2D eigenvalue weighted by Gasteiger charge is 2.47. The number of guanidine groups is 4. The predicted molar refractivity (Wildman–Crippen MR) is 431 cm³/mol.